The molecule has 5 nitrogen and oxygen atoms in total. The Morgan fingerprint density at radius 3 is 2.64 bits per heavy atom. The van der Waals surface area contributed by atoms with Crippen molar-refractivity contribution in [2.45, 2.75) is 44.9 Å². The zero-order valence-corrected chi connectivity index (χ0v) is 14.8. The summed E-state index contributed by atoms with van der Waals surface area (Å²) in [6.07, 6.45) is 0.771. The number of piperazine rings is 1. The summed E-state index contributed by atoms with van der Waals surface area (Å²) >= 11 is 3.50. The first-order valence-corrected chi connectivity index (χ1v) is 8.35. The number of benzene rings is 1. The zero-order chi connectivity index (χ0) is 16.1. The summed E-state index contributed by atoms with van der Waals surface area (Å²) in [6, 6.07) is 6.43. The van der Waals surface area contributed by atoms with Gasteiger partial charge in [-0.15, -0.1) is 0 Å². The van der Waals surface area contributed by atoms with E-state index in [4.69, 9.17) is 10.5 Å². The Balaban J connectivity index is 1.72. The van der Waals surface area contributed by atoms with Crippen molar-refractivity contribution in [3.8, 4) is 0 Å². The maximum absolute atomic E-state index is 12.3. The zero-order valence-electron chi connectivity index (χ0n) is 13.2. The molecule has 0 radical (unpaired) electrons. The lowest BCUT2D eigenvalue weighted by molar-refractivity contribution is 0.0215. The van der Waals surface area contributed by atoms with Crippen LogP contribution in [-0.4, -0.2) is 41.8 Å². The molecule has 2 N–H and O–H groups in total. The highest BCUT2D eigenvalue weighted by atomic mass is 79.9. The van der Waals surface area contributed by atoms with Crippen LogP contribution in [0.4, 0.5) is 16.2 Å². The van der Waals surface area contributed by atoms with E-state index in [1.165, 1.54) is 0 Å². The molecule has 2 saturated heterocycles. The number of hydrogen-bond donors (Lipinski definition) is 1. The van der Waals surface area contributed by atoms with Crippen LogP contribution in [0.5, 0.6) is 0 Å². The van der Waals surface area contributed by atoms with E-state index < -0.39 is 5.60 Å². The van der Waals surface area contributed by atoms with Gasteiger partial charge < -0.3 is 20.3 Å². The largest absolute Gasteiger partial charge is 0.444 e. The fraction of sp³-hybridized carbons (Fsp3) is 0.562. The van der Waals surface area contributed by atoms with Crippen molar-refractivity contribution in [1.29, 1.82) is 0 Å². The SMILES string of the molecule is CC(C)(C)OC(=O)N1C[C@@H]2C[C@H]1CN2c1cc(Br)ccc1N. The second-order valence-electron chi connectivity index (χ2n) is 7.03. The van der Waals surface area contributed by atoms with Gasteiger partial charge in [-0.3, -0.25) is 0 Å². The molecule has 22 heavy (non-hydrogen) atoms. The van der Waals surface area contributed by atoms with Gasteiger partial charge in [-0.25, -0.2) is 4.79 Å². The Bertz CT molecular complexity index is 600. The molecule has 2 bridgehead atoms. The molecule has 120 valence electrons. The van der Waals surface area contributed by atoms with Crippen LogP contribution in [0.3, 0.4) is 0 Å². The molecule has 0 spiro atoms. The van der Waals surface area contributed by atoms with Gasteiger partial charge in [0.2, 0.25) is 0 Å². The Labute approximate surface area is 139 Å². The van der Waals surface area contributed by atoms with Gasteiger partial charge in [-0.05, 0) is 45.4 Å². The van der Waals surface area contributed by atoms with Crippen LogP contribution in [0.25, 0.3) is 0 Å². The summed E-state index contributed by atoms with van der Waals surface area (Å²) in [5.74, 6) is 0. The first-order valence-electron chi connectivity index (χ1n) is 7.56. The number of likely N-dealkylation sites (tertiary alicyclic amines) is 1. The predicted molar refractivity (Wildman–Crippen MR) is 91.0 cm³/mol. The van der Waals surface area contributed by atoms with Gasteiger partial charge in [0.25, 0.3) is 0 Å². The van der Waals surface area contributed by atoms with Crippen LogP contribution in [0.1, 0.15) is 27.2 Å². The molecular weight excluding hydrogens is 346 g/mol. The van der Waals surface area contributed by atoms with Crippen molar-refractivity contribution in [3.63, 3.8) is 0 Å². The molecule has 0 saturated carbocycles. The van der Waals surface area contributed by atoms with Gasteiger partial charge >= 0.3 is 6.09 Å². The average Bonchev–Trinajstić information content (AvgIpc) is 2.99. The van der Waals surface area contributed by atoms with Crippen molar-refractivity contribution in [3.05, 3.63) is 22.7 Å². The lowest BCUT2D eigenvalue weighted by atomic mass is 10.2. The second-order valence-corrected chi connectivity index (χ2v) is 7.95. The van der Waals surface area contributed by atoms with Crippen LogP contribution in [0.15, 0.2) is 22.7 Å². The summed E-state index contributed by atoms with van der Waals surface area (Å²) < 4.78 is 6.51. The third kappa shape index (κ3) is 2.89. The van der Waals surface area contributed by atoms with Crippen molar-refractivity contribution in [1.82, 2.24) is 4.90 Å². The number of rotatable bonds is 1. The van der Waals surface area contributed by atoms with Gasteiger partial charge in [0, 0.05) is 23.6 Å². The van der Waals surface area contributed by atoms with Crippen LogP contribution in [0, 0.1) is 0 Å². The standard InChI is InChI=1S/C16H22BrN3O2/c1-16(2,3)22-15(21)20-9-11-7-12(20)8-19(11)14-6-10(17)4-5-13(14)18/h4-6,11-12H,7-9,18H2,1-3H3/t11-,12-/m0/s1. The van der Waals surface area contributed by atoms with Crippen molar-refractivity contribution < 1.29 is 9.53 Å². The summed E-state index contributed by atoms with van der Waals surface area (Å²) in [4.78, 5) is 16.4. The Morgan fingerprint density at radius 2 is 2.05 bits per heavy atom. The van der Waals surface area contributed by atoms with Gasteiger partial charge in [0.15, 0.2) is 0 Å². The third-order valence-corrected chi connectivity index (χ3v) is 4.66. The van der Waals surface area contributed by atoms with E-state index in [0.717, 1.165) is 28.8 Å². The molecule has 1 aromatic carbocycles. The highest BCUT2D eigenvalue weighted by molar-refractivity contribution is 9.10. The maximum atomic E-state index is 12.3. The van der Waals surface area contributed by atoms with Crippen LogP contribution in [-0.2, 0) is 4.74 Å². The average molecular weight is 368 g/mol. The Kier molecular flexibility index (Phi) is 3.75. The summed E-state index contributed by atoms with van der Waals surface area (Å²) in [6.45, 7) is 7.20. The van der Waals surface area contributed by atoms with Gasteiger partial charge in [-0.2, -0.15) is 0 Å². The molecule has 2 aliphatic rings. The second kappa shape index (κ2) is 5.33. The molecule has 3 rings (SSSR count). The number of amides is 1. The molecule has 2 atom stereocenters. The minimum Gasteiger partial charge on any atom is -0.444 e. The fourth-order valence-corrected chi connectivity index (χ4v) is 3.62. The number of fused-ring (bicyclic) bond motifs is 2. The van der Waals surface area contributed by atoms with Crippen LogP contribution >= 0.6 is 15.9 Å². The number of nitrogens with zero attached hydrogens (tertiary/aromatic N) is 2. The number of halogens is 1. The van der Waals surface area contributed by atoms with E-state index in [0.29, 0.717) is 12.6 Å². The Morgan fingerprint density at radius 1 is 1.32 bits per heavy atom. The number of nitrogen functional groups attached to an aromatic ring is 1. The molecule has 2 fully saturated rings. The summed E-state index contributed by atoms with van der Waals surface area (Å²) in [5, 5.41) is 0. The van der Waals surface area contributed by atoms with Crippen LogP contribution in [0.2, 0.25) is 0 Å². The Hall–Kier alpha value is -1.43. The monoisotopic (exact) mass is 367 g/mol. The number of ether oxygens (including phenoxy) is 1. The molecule has 0 aliphatic carbocycles. The predicted octanol–water partition coefficient (Wildman–Crippen LogP) is 3.23. The smallest absolute Gasteiger partial charge is 0.410 e. The summed E-state index contributed by atoms with van der Waals surface area (Å²) in [7, 11) is 0. The quantitative estimate of drug-likeness (QED) is 0.774. The number of carbonyl (C=O) groups is 1. The topological polar surface area (TPSA) is 58.8 Å². The minimum atomic E-state index is -0.451. The maximum Gasteiger partial charge on any atom is 0.410 e. The van der Waals surface area contributed by atoms with Gasteiger partial charge in [0.1, 0.15) is 5.60 Å². The van der Waals surface area contributed by atoms with E-state index in [1.54, 1.807) is 0 Å². The van der Waals surface area contributed by atoms with E-state index in [9.17, 15) is 4.79 Å². The number of nitrogens with two attached hydrogens (primary N) is 1. The molecule has 6 heteroatoms. The molecule has 1 aromatic rings. The summed E-state index contributed by atoms with van der Waals surface area (Å²) in [5.41, 5.74) is 7.48. The highest BCUT2D eigenvalue weighted by Crippen LogP contribution is 2.38. The van der Waals surface area contributed by atoms with Crippen LogP contribution < -0.4 is 10.6 Å². The molecule has 0 aromatic heterocycles. The molecule has 2 aliphatic heterocycles. The first kappa shape index (κ1) is 15.5. The van der Waals surface area contributed by atoms with Crippen molar-refractivity contribution in [2.24, 2.45) is 0 Å². The number of carbonyl (C=O) groups excluding carboxylic acids is 1. The molecule has 1 amide bonds. The number of hydrogen-bond acceptors (Lipinski definition) is 4. The molecule has 0 unspecified atom stereocenters. The first-order chi connectivity index (χ1) is 10.2. The lowest BCUT2D eigenvalue weighted by Crippen LogP contribution is -2.50. The highest BCUT2D eigenvalue weighted by Gasteiger charge is 2.46. The van der Waals surface area contributed by atoms with E-state index in [2.05, 4.69) is 20.8 Å². The normalized spacial score (nSPS) is 24.0. The lowest BCUT2D eigenvalue weighted by Gasteiger charge is -2.36. The minimum absolute atomic E-state index is 0.207. The van der Waals surface area contributed by atoms with Crippen molar-refractivity contribution >= 4 is 33.4 Å². The van der Waals surface area contributed by atoms with E-state index in [1.807, 2.05) is 43.9 Å². The third-order valence-electron chi connectivity index (χ3n) is 4.17. The van der Waals surface area contributed by atoms with E-state index in [-0.39, 0.29) is 12.1 Å². The molecule has 2 heterocycles. The van der Waals surface area contributed by atoms with E-state index >= 15 is 0 Å². The van der Waals surface area contributed by atoms with Gasteiger partial charge in [-0.1, -0.05) is 15.9 Å². The fourth-order valence-electron chi connectivity index (χ4n) is 3.27. The molecular formula is C16H22BrN3O2. The van der Waals surface area contributed by atoms with Crippen molar-refractivity contribution in [2.75, 3.05) is 23.7 Å². The number of anilines is 2. The van der Waals surface area contributed by atoms with Gasteiger partial charge in [0.05, 0.1) is 17.4 Å².